The molecule has 2 aliphatic heterocycles. The fourth-order valence-electron chi connectivity index (χ4n) is 2.31. The second-order valence-corrected chi connectivity index (χ2v) is 4.85. The van der Waals surface area contributed by atoms with E-state index in [1.54, 1.807) is 0 Å². The lowest BCUT2D eigenvalue weighted by Gasteiger charge is -2.21. The van der Waals surface area contributed by atoms with Crippen LogP contribution in [0, 0.1) is 11.8 Å². The SMILES string of the molecule is O=C1CCC(C(=O)NCCC2CCOC2)CN1. The Labute approximate surface area is 101 Å². The first-order valence-electron chi connectivity index (χ1n) is 6.38. The van der Waals surface area contributed by atoms with Crippen LogP contribution in [0.15, 0.2) is 0 Å². The molecular weight excluding hydrogens is 220 g/mol. The largest absolute Gasteiger partial charge is 0.381 e. The van der Waals surface area contributed by atoms with Gasteiger partial charge in [0.15, 0.2) is 0 Å². The van der Waals surface area contributed by atoms with Crippen LogP contribution in [0.1, 0.15) is 25.7 Å². The van der Waals surface area contributed by atoms with Crippen molar-refractivity contribution in [2.75, 3.05) is 26.3 Å². The third-order valence-electron chi connectivity index (χ3n) is 3.51. The van der Waals surface area contributed by atoms with E-state index in [4.69, 9.17) is 4.74 Å². The number of rotatable bonds is 4. The van der Waals surface area contributed by atoms with Gasteiger partial charge >= 0.3 is 0 Å². The Kier molecular flexibility index (Phi) is 4.36. The zero-order valence-electron chi connectivity index (χ0n) is 10.0. The van der Waals surface area contributed by atoms with E-state index in [1.165, 1.54) is 0 Å². The van der Waals surface area contributed by atoms with Gasteiger partial charge in [0.1, 0.15) is 0 Å². The highest BCUT2D eigenvalue weighted by Gasteiger charge is 2.24. The van der Waals surface area contributed by atoms with Gasteiger partial charge in [-0.1, -0.05) is 0 Å². The van der Waals surface area contributed by atoms with Crippen LogP contribution in [-0.2, 0) is 14.3 Å². The van der Waals surface area contributed by atoms with E-state index in [9.17, 15) is 9.59 Å². The van der Waals surface area contributed by atoms with Gasteiger partial charge in [-0.25, -0.2) is 0 Å². The Balaban J connectivity index is 1.61. The molecular formula is C12H20N2O3. The van der Waals surface area contributed by atoms with Gasteiger partial charge in [0.25, 0.3) is 0 Å². The predicted octanol–water partition coefficient (Wildman–Crippen LogP) is 0.0554. The van der Waals surface area contributed by atoms with E-state index in [0.717, 1.165) is 32.6 Å². The van der Waals surface area contributed by atoms with Crippen molar-refractivity contribution in [2.24, 2.45) is 11.8 Å². The van der Waals surface area contributed by atoms with Crippen molar-refractivity contribution in [2.45, 2.75) is 25.7 Å². The summed E-state index contributed by atoms with van der Waals surface area (Å²) < 4.78 is 5.28. The molecule has 0 aromatic rings. The number of nitrogens with one attached hydrogen (secondary N) is 2. The lowest BCUT2D eigenvalue weighted by molar-refractivity contribution is -0.128. The molecule has 2 heterocycles. The summed E-state index contributed by atoms with van der Waals surface area (Å²) in [7, 11) is 0. The average Bonchev–Trinajstić information content (AvgIpc) is 2.83. The molecule has 0 aliphatic carbocycles. The van der Waals surface area contributed by atoms with Crippen molar-refractivity contribution >= 4 is 11.8 Å². The van der Waals surface area contributed by atoms with Crippen LogP contribution in [0.3, 0.4) is 0 Å². The third-order valence-corrected chi connectivity index (χ3v) is 3.51. The lowest BCUT2D eigenvalue weighted by Crippen LogP contribution is -2.43. The van der Waals surface area contributed by atoms with E-state index in [1.807, 2.05) is 0 Å². The minimum Gasteiger partial charge on any atom is -0.381 e. The Hall–Kier alpha value is -1.10. The molecule has 96 valence electrons. The zero-order chi connectivity index (χ0) is 12.1. The standard InChI is InChI=1S/C12H20N2O3/c15-11-2-1-10(7-14-11)12(16)13-5-3-9-4-6-17-8-9/h9-10H,1-8H2,(H,13,16)(H,14,15). The van der Waals surface area contributed by atoms with Gasteiger partial charge in [0.2, 0.25) is 11.8 Å². The molecule has 2 atom stereocenters. The second kappa shape index (κ2) is 6.00. The molecule has 0 spiro atoms. The molecule has 5 heteroatoms. The average molecular weight is 240 g/mol. The molecule has 5 nitrogen and oxygen atoms in total. The Morgan fingerprint density at radius 3 is 3.00 bits per heavy atom. The monoisotopic (exact) mass is 240 g/mol. The van der Waals surface area contributed by atoms with E-state index in [2.05, 4.69) is 10.6 Å². The van der Waals surface area contributed by atoms with Crippen LogP contribution >= 0.6 is 0 Å². The van der Waals surface area contributed by atoms with Gasteiger partial charge < -0.3 is 15.4 Å². The van der Waals surface area contributed by atoms with E-state index < -0.39 is 0 Å². The topological polar surface area (TPSA) is 67.4 Å². The van der Waals surface area contributed by atoms with Crippen molar-refractivity contribution < 1.29 is 14.3 Å². The van der Waals surface area contributed by atoms with E-state index in [0.29, 0.717) is 25.3 Å². The summed E-state index contributed by atoms with van der Waals surface area (Å²) in [5, 5.41) is 5.67. The van der Waals surface area contributed by atoms with Gasteiger partial charge in [-0.2, -0.15) is 0 Å². The van der Waals surface area contributed by atoms with E-state index in [-0.39, 0.29) is 17.7 Å². The summed E-state index contributed by atoms with van der Waals surface area (Å²) in [5.41, 5.74) is 0. The Morgan fingerprint density at radius 2 is 2.35 bits per heavy atom. The third kappa shape index (κ3) is 3.70. The van der Waals surface area contributed by atoms with Crippen molar-refractivity contribution in [1.82, 2.24) is 10.6 Å². The number of ether oxygens (including phenoxy) is 1. The molecule has 17 heavy (non-hydrogen) atoms. The molecule has 0 aromatic carbocycles. The number of hydrogen-bond acceptors (Lipinski definition) is 3. The number of hydrogen-bond donors (Lipinski definition) is 2. The Morgan fingerprint density at radius 1 is 1.47 bits per heavy atom. The summed E-state index contributed by atoms with van der Waals surface area (Å²) in [6.07, 6.45) is 3.24. The number of carbonyl (C=O) groups excluding carboxylic acids is 2. The van der Waals surface area contributed by atoms with Crippen LogP contribution in [0.25, 0.3) is 0 Å². The summed E-state index contributed by atoms with van der Waals surface area (Å²) >= 11 is 0. The maximum atomic E-state index is 11.8. The summed E-state index contributed by atoms with van der Waals surface area (Å²) in [4.78, 5) is 22.7. The smallest absolute Gasteiger partial charge is 0.224 e. The number of carbonyl (C=O) groups is 2. The predicted molar refractivity (Wildman–Crippen MR) is 62.3 cm³/mol. The van der Waals surface area contributed by atoms with Gasteiger partial charge in [-0.15, -0.1) is 0 Å². The minimum absolute atomic E-state index is 0.0486. The second-order valence-electron chi connectivity index (χ2n) is 4.85. The van der Waals surface area contributed by atoms with Crippen LogP contribution in [-0.4, -0.2) is 38.1 Å². The zero-order valence-corrected chi connectivity index (χ0v) is 10.0. The van der Waals surface area contributed by atoms with E-state index >= 15 is 0 Å². The molecule has 0 saturated carbocycles. The van der Waals surface area contributed by atoms with Gasteiger partial charge in [-0.05, 0) is 25.2 Å². The van der Waals surface area contributed by atoms with Gasteiger partial charge in [0, 0.05) is 32.7 Å². The molecule has 2 fully saturated rings. The van der Waals surface area contributed by atoms with Crippen LogP contribution < -0.4 is 10.6 Å². The molecule has 2 amide bonds. The van der Waals surface area contributed by atoms with Gasteiger partial charge in [-0.3, -0.25) is 9.59 Å². The highest BCUT2D eigenvalue weighted by atomic mass is 16.5. The quantitative estimate of drug-likeness (QED) is 0.730. The van der Waals surface area contributed by atoms with Crippen molar-refractivity contribution in [1.29, 1.82) is 0 Å². The van der Waals surface area contributed by atoms with Crippen molar-refractivity contribution in [3.05, 3.63) is 0 Å². The van der Waals surface area contributed by atoms with Crippen LogP contribution in [0.2, 0.25) is 0 Å². The number of piperidine rings is 1. The molecule has 0 aromatic heterocycles. The first kappa shape index (κ1) is 12.4. The molecule has 0 radical (unpaired) electrons. The molecule has 0 bridgehead atoms. The normalized spacial score (nSPS) is 28.8. The summed E-state index contributed by atoms with van der Waals surface area (Å²) in [5.74, 6) is 0.676. The minimum atomic E-state index is -0.0486. The van der Waals surface area contributed by atoms with Gasteiger partial charge in [0.05, 0.1) is 5.92 Å². The molecule has 2 N–H and O–H groups in total. The first-order valence-corrected chi connectivity index (χ1v) is 6.38. The van der Waals surface area contributed by atoms with Crippen LogP contribution in [0.4, 0.5) is 0 Å². The summed E-state index contributed by atoms with van der Waals surface area (Å²) in [6, 6.07) is 0. The fraction of sp³-hybridized carbons (Fsp3) is 0.833. The fourth-order valence-corrected chi connectivity index (χ4v) is 2.31. The van der Waals surface area contributed by atoms with Crippen molar-refractivity contribution in [3.8, 4) is 0 Å². The highest BCUT2D eigenvalue weighted by Crippen LogP contribution is 2.15. The van der Waals surface area contributed by atoms with Crippen LogP contribution in [0.5, 0.6) is 0 Å². The molecule has 2 rings (SSSR count). The molecule has 2 aliphatic rings. The first-order chi connectivity index (χ1) is 8.25. The maximum Gasteiger partial charge on any atom is 0.224 e. The lowest BCUT2D eigenvalue weighted by atomic mass is 9.98. The summed E-state index contributed by atoms with van der Waals surface area (Å²) in [6.45, 7) is 2.89. The maximum absolute atomic E-state index is 11.8. The molecule has 2 unspecified atom stereocenters. The Bertz CT molecular complexity index is 277. The highest BCUT2D eigenvalue weighted by molar-refractivity contribution is 5.83. The number of amides is 2. The van der Waals surface area contributed by atoms with Crippen molar-refractivity contribution in [3.63, 3.8) is 0 Å². The molecule has 2 saturated heterocycles.